The second kappa shape index (κ2) is 17.3. The molecule has 0 aliphatic heterocycles. The van der Waals surface area contributed by atoms with E-state index >= 15 is 0 Å². The lowest BCUT2D eigenvalue weighted by atomic mass is 10.4. The highest BCUT2D eigenvalue weighted by molar-refractivity contribution is 7.75. The second-order valence-corrected chi connectivity index (χ2v) is 10.8. The van der Waals surface area contributed by atoms with Crippen molar-refractivity contribution in [3.8, 4) is 0 Å². The summed E-state index contributed by atoms with van der Waals surface area (Å²) in [6.45, 7) is 11.0. The first-order valence-electron chi connectivity index (χ1n) is 9.56. The molecule has 0 saturated heterocycles. The van der Waals surface area contributed by atoms with Gasteiger partial charge in [0.15, 0.2) is 0 Å². The van der Waals surface area contributed by atoms with E-state index in [0.29, 0.717) is 0 Å². The van der Waals surface area contributed by atoms with Crippen LogP contribution < -0.4 is 5.11 Å². The fourth-order valence-electron chi connectivity index (χ4n) is 2.64. The molecule has 0 aliphatic carbocycles. The van der Waals surface area contributed by atoms with E-state index in [0.717, 1.165) is 0 Å². The minimum Gasteiger partial charge on any atom is -0.550 e. The molecule has 0 saturated carbocycles. The molecule has 0 aromatic carbocycles. The van der Waals surface area contributed by atoms with E-state index in [2.05, 4.69) is 27.7 Å². The van der Waals surface area contributed by atoms with Crippen molar-refractivity contribution in [2.45, 2.75) is 92.4 Å². The van der Waals surface area contributed by atoms with E-state index < -0.39 is 13.2 Å². The second-order valence-electron chi connectivity index (χ2n) is 6.38. The minimum absolute atomic E-state index is 0.111. The highest BCUT2D eigenvalue weighted by Gasteiger charge is 2.34. The first-order chi connectivity index (χ1) is 10.5. The summed E-state index contributed by atoms with van der Waals surface area (Å²) in [7, 11) is -0.562. The molecule has 0 N–H and O–H groups in total. The number of rotatable bonds is 13. The van der Waals surface area contributed by atoms with Crippen LogP contribution >= 0.6 is 7.26 Å². The first kappa shape index (κ1) is 24.2. The summed E-state index contributed by atoms with van der Waals surface area (Å²) in [6.07, 6.45) is 18.1. The van der Waals surface area contributed by atoms with Gasteiger partial charge in [-0.25, -0.2) is 0 Å². The molecule has 0 aromatic rings. The van der Waals surface area contributed by atoms with Crippen LogP contribution in [0.4, 0.5) is 0 Å². The van der Waals surface area contributed by atoms with Crippen LogP contribution in [0.2, 0.25) is 0 Å². The van der Waals surface area contributed by atoms with Crippen LogP contribution in [-0.2, 0) is 4.79 Å². The van der Waals surface area contributed by atoms with Gasteiger partial charge in [0.2, 0.25) is 0 Å². The topological polar surface area (TPSA) is 40.1 Å². The third-order valence-corrected chi connectivity index (χ3v) is 9.29. The lowest BCUT2D eigenvalue weighted by Crippen LogP contribution is -2.19. The van der Waals surface area contributed by atoms with E-state index in [-0.39, 0.29) is 6.42 Å². The van der Waals surface area contributed by atoms with Crippen LogP contribution in [0.15, 0.2) is 0 Å². The van der Waals surface area contributed by atoms with E-state index in [9.17, 15) is 9.90 Å². The number of unbranched alkanes of at least 4 members (excludes halogenated alkanes) is 4. The molecule has 2 nitrogen and oxygen atoms in total. The average molecular weight is 333 g/mol. The summed E-state index contributed by atoms with van der Waals surface area (Å²) < 4.78 is 0. The van der Waals surface area contributed by atoms with Gasteiger partial charge in [0.1, 0.15) is 0 Å². The largest absolute Gasteiger partial charge is 0.550 e. The Morgan fingerprint density at radius 2 is 0.909 bits per heavy atom. The Hall–Kier alpha value is -0.100. The number of hydrogen-bond acceptors (Lipinski definition) is 2. The van der Waals surface area contributed by atoms with Crippen LogP contribution in [0.3, 0.4) is 0 Å². The SMILES string of the molecule is CCC(=O)[O-].CCCC[P+](CCCC)(CCCC)CCCC. The minimum atomic E-state index is -0.995. The summed E-state index contributed by atoms with van der Waals surface area (Å²) in [5.74, 6) is -0.995. The predicted octanol–water partition coefficient (Wildman–Crippen LogP) is 5.35. The van der Waals surface area contributed by atoms with E-state index in [1.807, 2.05) is 0 Å². The molecule has 0 amide bonds. The molecule has 0 unspecified atom stereocenters. The molecule has 0 fully saturated rings. The summed E-state index contributed by atoms with van der Waals surface area (Å²) in [6, 6.07) is 0. The number of carbonyl (C=O) groups excluding carboxylic acids is 1. The quantitative estimate of drug-likeness (QED) is 0.426. The van der Waals surface area contributed by atoms with Crippen LogP contribution in [0.25, 0.3) is 0 Å². The average Bonchev–Trinajstić information content (AvgIpc) is 2.54. The Balaban J connectivity index is 0. The van der Waals surface area contributed by atoms with Gasteiger partial charge in [-0.05, 0) is 32.1 Å². The van der Waals surface area contributed by atoms with Gasteiger partial charge in [-0.2, -0.15) is 0 Å². The normalized spacial score (nSPS) is 11.0. The van der Waals surface area contributed by atoms with Crippen molar-refractivity contribution >= 4 is 13.2 Å². The molecule has 0 spiro atoms. The monoisotopic (exact) mass is 332 g/mol. The van der Waals surface area contributed by atoms with Crippen LogP contribution in [0.1, 0.15) is 92.4 Å². The Labute approximate surface area is 140 Å². The molecular formula is C19H41O2P. The van der Waals surface area contributed by atoms with E-state index in [1.165, 1.54) is 58.3 Å². The number of carbonyl (C=O) groups is 1. The van der Waals surface area contributed by atoms with Crippen molar-refractivity contribution in [3.63, 3.8) is 0 Å². The van der Waals surface area contributed by atoms with Gasteiger partial charge in [-0.3, -0.25) is 0 Å². The third-order valence-electron chi connectivity index (χ3n) is 4.23. The molecule has 134 valence electrons. The number of hydrogen-bond donors (Lipinski definition) is 0. The van der Waals surface area contributed by atoms with Gasteiger partial charge in [0.05, 0.1) is 24.6 Å². The Morgan fingerprint density at radius 1 is 0.682 bits per heavy atom. The summed E-state index contributed by atoms with van der Waals surface area (Å²) in [4.78, 5) is 9.26. The van der Waals surface area contributed by atoms with Crippen LogP contribution in [-0.4, -0.2) is 30.6 Å². The molecule has 0 heterocycles. The predicted molar refractivity (Wildman–Crippen MR) is 101 cm³/mol. The summed E-state index contributed by atoms with van der Waals surface area (Å²) in [5.41, 5.74) is 0. The van der Waals surface area contributed by atoms with Crippen LogP contribution in [0.5, 0.6) is 0 Å². The first-order valence-corrected chi connectivity index (χ1v) is 12.1. The molecule has 0 aliphatic rings. The lowest BCUT2D eigenvalue weighted by molar-refractivity contribution is -0.305. The standard InChI is InChI=1S/C16H36P.C3H6O2/c1-5-9-13-17(14-10-6-2,15-11-7-3)16-12-8-4;1-2-3(4)5/h5-16H2,1-4H3;2H2,1H3,(H,4,5)/q+1;/p-1. The zero-order valence-electron chi connectivity index (χ0n) is 16.0. The van der Waals surface area contributed by atoms with Crippen LogP contribution in [0, 0.1) is 0 Å². The van der Waals surface area contributed by atoms with Gasteiger partial charge < -0.3 is 9.90 Å². The van der Waals surface area contributed by atoms with E-state index in [1.54, 1.807) is 24.6 Å². The van der Waals surface area contributed by atoms with Crippen molar-refractivity contribution in [2.24, 2.45) is 0 Å². The molecule has 0 rings (SSSR count). The molecule has 22 heavy (non-hydrogen) atoms. The number of carboxylic acids is 1. The lowest BCUT2D eigenvalue weighted by Gasteiger charge is -2.28. The Bertz CT molecular complexity index is 204. The molecule has 0 bridgehead atoms. The van der Waals surface area contributed by atoms with Crippen molar-refractivity contribution < 1.29 is 9.90 Å². The summed E-state index contributed by atoms with van der Waals surface area (Å²) >= 11 is 0. The molecule has 0 aromatic heterocycles. The smallest absolute Gasteiger partial charge is 0.0594 e. The zero-order valence-corrected chi connectivity index (χ0v) is 16.9. The fourth-order valence-corrected chi connectivity index (χ4v) is 7.93. The van der Waals surface area contributed by atoms with Gasteiger partial charge in [-0.1, -0.05) is 60.3 Å². The number of aliphatic carboxylic acids is 1. The highest BCUT2D eigenvalue weighted by Crippen LogP contribution is 2.61. The third kappa shape index (κ3) is 14.8. The Morgan fingerprint density at radius 3 is 1.05 bits per heavy atom. The molecular weight excluding hydrogens is 291 g/mol. The van der Waals surface area contributed by atoms with Crippen molar-refractivity contribution in [3.05, 3.63) is 0 Å². The fraction of sp³-hybridized carbons (Fsp3) is 0.947. The van der Waals surface area contributed by atoms with Crippen molar-refractivity contribution in [1.82, 2.24) is 0 Å². The Kier molecular flexibility index (Phi) is 18.9. The van der Waals surface area contributed by atoms with Gasteiger partial charge in [0, 0.05) is 13.2 Å². The maximum absolute atomic E-state index is 9.26. The zero-order chi connectivity index (χ0) is 17.3. The number of carboxylic acid groups (broad SMARTS) is 1. The van der Waals surface area contributed by atoms with Crippen molar-refractivity contribution in [2.75, 3.05) is 24.6 Å². The highest BCUT2D eigenvalue weighted by atomic mass is 31.2. The molecule has 3 heteroatoms. The molecule has 0 radical (unpaired) electrons. The van der Waals surface area contributed by atoms with Crippen molar-refractivity contribution in [1.29, 1.82) is 0 Å². The maximum atomic E-state index is 9.26. The summed E-state index contributed by atoms with van der Waals surface area (Å²) in [5, 5.41) is 9.26. The van der Waals surface area contributed by atoms with E-state index in [4.69, 9.17) is 0 Å². The van der Waals surface area contributed by atoms with Gasteiger partial charge >= 0.3 is 0 Å². The van der Waals surface area contributed by atoms with Gasteiger partial charge in [-0.15, -0.1) is 0 Å². The van der Waals surface area contributed by atoms with Gasteiger partial charge in [0.25, 0.3) is 0 Å². The maximum Gasteiger partial charge on any atom is 0.0594 e. The molecule has 0 atom stereocenters.